The van der Waals surface area contributed by atoms with E-state index in [1.807, 2.05) is 0 Å². The number of urea groups is 1. The minimum Gasteiger partial charge on any atom is -0.478 e. The average molecular weight is 292 g/mol. The first kappa shape index (κ1) is 15.3. The molecule has 0 radical (unpaired) electrons. The molecule has 0 aromatic heterocycles. The van der Waals surface area contributed by atoms with E-state index < -0.39 is 5.97 Å². The van der Waals surface area contributed by atoms with E-state index in [0.717, 1.165) is 25.0 Å². The number of benzene rings is 1. The summed E-state index contributed by atoms with van der Waals surface area (Å²) in [5.74, 6) is -0.437. The Bertz CT molecular complexity index is 512. The zero-order chi connectivity index (χ0) is 15.2. The van der Waals surface area contributed by atoms with E-state index in [2.05, 4.69) is 10.6 Å². The van der Waals surface area contributed by atoms with Crippen LogP contribution in [0.15, 0.2) is 24.3 Å². The van der Waals surface area contributed by atoms with Crippen LogP contribution in [0.5, 0.6) is 0 Å². The Balaban J connectivity index is 1.72. The monoisotopic (exact) mass is 292 g/mol. The molecule has 0 heterocycles. The van der Waals surface area contributed by atoms with Crippen LogP contribution in [0, 0.1) is 5.92 Å². The van der Waals surface area contributed by atoms with Crippen molar-refractivity contribution in [3.8, 4) is 0 Å². The van der Waals surface area contributed by atoms with Crippen molar-refractivity contribution in [3.63, 3.8) is 0 Å². The highest BCUT2D eigenvalue weighted by Gasteiger charge is 2.29. The lowest BCUT2D eigenvalue weighted by Crippen LogP contribution is -2.49. The van der Waals surface area contributed by atoms with Crippen LogP contribution < -0.4 is 10.6 Å². The molecule has 1 saturated carbocycles. The normalized spacial score (nSPS) is 20.4. The van der Waals surface area contributed by atoms with Crippen LogP contribution >= 0.6 is 0 Å². The molecule has 0 aliphatic heterocycles. The van der Waals surface area contributed by atoms with Crippen LogP contribution in [0.25, 0.3) is 0 Å². The Kier molecular flexibility index (Phi) is 5.16. The fourth-order valence-corrected chi connectivity index (χ4v) is 2.46. The van der Waals surface area contributed by atoms with Gasteiger partial charge in [0, 0.05) is 26.3 Å². The number of aromatic carboxylic acids is 1. The van der Waals surface area contributed by atoms with Crippen LogP contribution in [-0.2, 0) is 11.3 Å². The van der Waals surface area contributed by atoms with Gasteiger partial charge in [-0.1, -0.05) is 12.1 Å². The van der Waals surface area contributed by atoms with Crippen molar-refractivity contribution >= 4 is 12.0 Å². The number of nitrogens with one attached hydrogen (secondary N) is 2. The number of hydrogen-bond donors (Lipinski definition) is 3. The maximum Gasteiger partial charge on any atom is 0.335 e. The predicted molar refractivity (Wildman–Crippen MR) is 77.2 cm³/mol. The smallest absolute Gasteiger partial charge is 0.335 e. The molecule has 6 heteroatoms. The van der Waals surface area contributed by atoms with Crippen LogP contribution in [0.1, 0.15) is 28.8 Å². The summed E-state index contributed by atoms with van der Waals surface area (Å²) in [7, 11) is 1.68. The summed E-state index contributed by atoms with van der Waals surface area (Å²) >= 11 is 0. The summed E-state index contributed by atoms with van der Waals surface area (Å²) in [5, 5.41) is 14.5. The summed E-state index contributed by atoms with van der Waals surface area (Å²) in [5.41, 5.74) is 0.979. The van der Waals surface area contributed by atoms with Gasteiger partial charge in [-0.15, -0.1) is 0 Å². The van der Waals surface area contributed by atoms with E-state index in [1.54, 1.807) is 25.3 Å². The molecular weight excluding hydrogens is 272 g/mol. The second-order valence-corrected chi connectivity index (χ2v) is 5.32. The van der Waals surface area contributed by atoms with Gasteiger partial charge in [-0.2, -0.15) is 0 Å². The Morgan fingerprint density at radius 1 is 1.38 bits per heavy atom. The molecular formula is C15H20N2O4. The second-order valence-electron chi connectivity index (χ2n) is 5.32. The first-order valence-electron chi connectivity index (χ1n) is 6.94. The Morgan fingerprint density at radius 2 is 2.14 bits per heavy atom. The van der Waals surface area contributed by atoms with Gasteiger partial charge in [0.1, 0.15) is 0 Å². The van der Waals surface area contributed by atoms with Gasteiger partial charge in [0.2, 0.25) is 0 Å². The van der Waals surface area contributed by atoms with Crippen molar-refractivity contribution in [2.45, 2.75) is 25.4 Å². The maximum atomic E-state index is 11.7. The number of ether oxygens (including phenoxy) is 1. The van der Waals surface area contributed by atoms with Crippen molar-refractivity contribution in [1.82, 2.24) is 10.6 Å². The van der Waals surface area contributed by atoms with E-state index in [4.69, 9.17) is 9.84 Å². The Hall–Kier alpha value is -2.08. The van der Waals surface area contributed by atoms with Gasteiger partial charge < -0.3 is 20.5 Å². The SMILES string of the molecule is COCC1CC(NC(=O)NCc2cccc(C(=O)O)c2)C1. The van der Waals surface area contributed by atoms with E-state index in [0.29, 0.717) is 12.5 Å². The molecule has 6 nitrogen and oxygen atoms in total. The van der Waals surface area contributed by atoms with Crippen molar-refractivity contribution in [2.24, 2.45) is 5.92 Å². The average Bonchev–Trinajstić information content (AvgIpc) is 2.43. The van der Waals surface area contributed by atoms with Gasteiger partial charge in [-0.3, -0.25) is 0 Å². The number of carbonyl (C=O) groups excluding carboxylic acids is 1. The lowest BCUT2D eigenvalue weighted by atomic mass is 9.81. The lowest BCUT2D eigenvalue weighted by Gasteiger charge is -2.35. The number of rotatable bonds is 6. The number of amides is 2. The molecule has 21 heavy (non-hydrogen) atoms. The van der Waals surface area contributed by atoms with Crippen LogP contribution in [0.4, 0.5) is 4.79 Å². The summed E-state index contributed by atoms with van der Waals surface area (Å²) in [6.07, 6.45) is 1.88. The van der Waals surface area contributed by atoms with E-state index >= 15 is 0 Å². The first-order chi connectivity index (χ1) is 10.1. The van der Waals surface area contributed by atoms with Crippen molar-refractivity contribution in [3.05, 3.63) is 35.4 Å². The van der Waals surface area contributed by atoms with Crippen molar-refractivity contribution in [2.75, 3.05) is 13.7 Å². The molecule has 1 aromatic carbocycles. The highest BCUT2D eigenvalue weighted by atomic mass is 16.5. The van der Waals surface area contributed by atoms with E-state index in [-0.39, 0.29) is 17.6 Å². The molecule has 0 bridgehead atoms. The van der Waals surface area contributed by atoms with Crippen LogP contribution in [-0.4, -0.2) is 36.9 Å². The third kappa shape index (κ3) is 4.46. The first-order valence-corrected chi connectivity index (χ1v) is 6.94. The molecule has 0 atom stereocenters. The lowest BCUT2D eigenvalue weighted by molar-refractivity contribution is 0.0696. The molecule has 0 saturated heterocycles. The number of carbonyl (C=O) groups is 2. The molecule has 2 rings (SSSR count). The minimum atomic E-state index is -0.972. The molecule has 3 N–H and O–H groups in total. The molecule has 2 amide bonds. The molecule has 114 valence electrons. The van der Waals surface area contributed by atoms with Gasteiger partial charge in [0.15, 0.2) is 0 Å². The second kappa shape index (κ2) is 7.08. The highest BCUT2D eigenvalue weighted by molar-refractivity contribution is 5.87. The topological polar surface area (TPSA) is 87.7 Å². The molecule has 0 spiro atoms. The number of hydrogen-bond acceptors (Lipinski definition) is 3. The van der Waals surface area contributed by atoms with Crippen molar-refractivity contribution in [1.29, 1.82) is 0 Å². The fourth-order valence-electron chi connectivity index (χ4n) is 2.46. The molecule has 0 unspecified atom stereocenters. The number of methoxy groups -OCH3 is 1. The maximum absolute atomic E-state index is 11.7. The summed E-state index contributed by atoms with van der Waals surface area (Å²) in [6, 6.07) is 6.51. The quantitative estimate of drug-likeness (QED) is 0.743. The number of carboxylic acid groups (broad SMARTS) is 1. The zero-order valence-corrected chi connectivity index (χ0v) is 12.0. The third-order valence-corrected chi connectivity index (χ3v) is 3.60. The molecule has 1 aromatic rings. The third-order valence-electron chi connectivity index (χ3n) is 3.60. The fraction of sp³-hybridized carbons (Fsp3) is 0.467. The molecule has 1 aliphatic rings. The Labute approximate surface area is 123 Å². The minimum absolute atomic E-state index is 0.204. The van der Waals surface area contributed by atoms with Gasteiger partial charge in [0.05, 0.1) is 5.56 Å². The van der Waals surface area contributed by atoms with Gasteiger partial charge >= 0.3 is 12.0 Å². The van der Waals surface area contributed by atoms with Gasteiger partial charge in [-0.05, 0) is 36.5 Å². The standard InChI is InChI=1S/C15H20N2O4/c1-21-9-11-6-13(7-11)17-15(20)16-8-10-3-2-4-12(5-10)14(18)19/h2-5,11,13H,6-9H2,1H3,(H,18,19)(H2,16,17,20). The van der Waals surface area contributed by atoms with E-state index in [9.17, 15) is 9.59 Å². The van der Waals surface area contributed by atoms with Crippen LogP contribution in [0.3, 0.4) is 0 Å². The van der Waals surface area contributed by atoms with Gasteiger partial charge in [0.25, 0.3) is 0 Å². The van der Waals surface area contributed by atoms with Crippen LogP contribution in [0.2, 0.25) is 0 Å². The molecule has 1 fully saturated rings. The summed E-state index contributed by atoms with van der Waals surface area (Å²) in [6.45, 7) is 1.04. The zero-order valence-electron chi connectivity index (χ0n) is 12.0. The van der Waals surface area contributed by atoms with E-state index in [1.165, 1.54) is 6.07 Å². The highest BCUT2D eigenvalue weighted by Crippen LogP contribution is 2.27. The van der Waals surface area contributed by atoms with Gasteiger partial charge in [-0.25, -0.2) is 9.59 Å². The predicted octanol–water partition coefficient (Wildman–Crippen LogP) is 1.61. The largest absolute Gasteiger partial charge is 0.478 e. The molecule has 1 aliphatic carbocycles. The summed E-state index contributed by atoms with van der Waals surface area (Å²) < 4.78 is 5.06. The summed E-state index contributed by atoms with van der Waals surface area (Å²) in [4.78, 5) is 22.6. The van der Waals surface area contributed by atoms with Crippen molar-refractivity contribution < 1.29 is 19.4 Å². The Morgan fingerprint density at radius 3 is 2.81 bits per heavy atom. The number of carboxylic acids is 1.